The van der Waals surface area contributed by atoms with Gasteiger partial charge < -0.3 is 20.3 Å². The Morgan fingerprint density at radius 2 is 1.56 bits per heavy atom. The first-order chi connectivity index (χ1) is 19.4. The van der Waals surface area contributed by atoms with Crippen LogP contribution in [0.5, 0.6) is 0 Å². The van der Waals surface area contributed by atoms with Crippen molar-refractivity contribution in [3.05, 3.63) is 101 Å². The second kappa shape index (κ2) is 13.6. The molecule has 0 aromatic heterocycles. The number of anilines is 1. The van der Waals surface area contributed by atoms with Crippen molar-refractivity contribution in [2.75, 3.05) is 11.9 Å². The molecule has 0 fully saturated rings. The van der Waals surface area contributed by atoms with Gasteiger partial charge in [0.05, 0.1) is 6.07 Å². The van der Waals surface area contributed by atoms with E-state index in [4.69, 9.17) is 4.74 Å². The van der Waals surface area contributed by atoms with Crippen molar-refractivity contribution in [3.63, 3.8) is 0 Å². The lowest BCUT2D eigenvalue weighted by Crippen LogP contribution is -2.53. The molecule has 0 bridgehead atoms. The van der Waals surface area contributed by atoms with Crippen LogP contribution in [0.25, 0.3) is 0 Å². The Morgan fingerprint density at radius 3 is 2.17 bits per heavy atom. The molecule has 0 saturated heterocycles. The second-order valence-electron chi connectivity index (χ2n) is 11.1. The molecule has 2 atom stereocenters. The Labute approximate surface area is 242 Å². The van der Waals surface area contributed by atoms with Gasteiger partial charge >= 0.3 is 6.09 Å². The quantitative estimate of drug-likeness (QED) is 0.326. The van der Waals surface area contributed by atoms with Gasteiger partial charge in [-0.1, -0.05) is 66.7 Å². The molecule has 0 saturated carbocycles. The molecule has 214 valence electrons. The van der Waals surface area contributed by atoms with Crippen molar-refractivity contribution >= 4 is 23.6 Å². The van der Waals surface area contributed by atoms with E-state index < -0.39 is 35.6 Å². The van der Waals surface area contributed by atoms with Gasteiger partial charge in [-0.15, -0.1) is 0 Å². The van der Waals surface area contributed by atoms with Crippen molar-refractivity contribution in [1.29, 1.82) is 5.26 Å². The topological polar surface area (TPSA) is 112 Å². The van der Waals surface area contributed by atoms with E-state index in [1.165, 1.54) is 4.90 Å². The largest absolute Gasteiger partial charge is 0.444 e. The second-order valence-corrected chi connectivity index (χ2v) is 11.1. The molecule has 3 amide bonds. The predicted molar refractivity (Wildman–Crippen MR) is 159 cm³/mol. The van der Waals surface area contributed by atoms with Gasteiger partial charge in [-0.3, -0.25) is 9.59 Å². The van der Waals surface area contributed by atoms with Gasteiger partial charge in [-0.2, -0.15) is 5.26 Å². The third-order valence-corrected chi connectivity index (χ3v) is 6.61. The molecule has 0 aliphatic rings. The number of nitrogens with one attached hydrogen (secondary N) is 2. The van der Waals surface area contributed by atoms with Gasteiger partial charge in [-0.25, -0.2) is 4.79 Å². The SMILES string of the molecule is Cc1ccc(C(C(=O)Nc2ccccc2C)N(CC#N)C(=O)C(Cc2ccccc2)NC(=O)OC(C)(C)C)cc1C. The van der Waals surface area contributed by atoms with Crippen LogP contribution in [0.15, 0.2) is 72.8 Å². The molecule has 2 unspecified atom stereocenters. The molecule has 8 nitrogen and oxygen atoms in total. The Bertz CT molecular complexity index is 1420. The molecular formula is C33H38N4O4. The minimum Gasteiger partial charge on any atom is -0.444 e. The smallest absolute Gasteiger partial charge is 0.408 e. The summed E-state index contributed by atoms with van der Waals surface area (Å²) in [5, 5.41) is 15.4. The van der Waals surface area contributed by atoms with E-state index in [-0.39, 0.29) is 13.0 Å². The van der Waals surface area contributed by atoms with E-state index in [0.717, 1.165) is 22.3 Å². The first-order valence-corrected chi connectivity index (χ1v) is 13.5. The lowest BCUT2D eigenvalue weighted by Gasteiger charge is -2.33. The molecule has 8 heteroatoms. The fourth-order valence-corrected chi connectivity index (χ4v) is 4.39. The number of nitrogens with zero attached hydrogens (tertiary/aromatic N) is 2. The molecule has 0 aliphatic heterocycles. The van der Waals surface area contributed by atoms with Crippen molar-refractivity contribution in [2.45, 2.75) is 65.6 Å². The molecule has 0 heterocycles. The maximum atomic E-state index is 14.3. The number of rotatable bonds is 9. The number of carbonyl (C=O) groups excluding carboxylic acids is 3. The number of amides is 3. The fourth-order valence-electron chi connectivity index (χ4n) is 4.39. The summed E-state index contributed by atoms with van der Waals surface area (Å²) < 4.78 is 5.44. The number of aryl methyl sites for hydroxylation is 3. The zero-order valence-corrected chi connectivity index (χ0v) is 24.5. The Kier molecular flexibility index (Phi) is 10.3. The summed E-state index contributed by atoms with van der Waals surface area (Å²) in [5.41, 5.74) is 3.98. The number of ether oxygens (including phenoxy) is 1. The maximum absolute atomic E-state index is 14.3. The molecule has 3 aromatic rings. The van der Waals surface area contributed by atoms with Crippen molar-refractivity contribution < 1.29 is 19.1 Å². The average molecular weight is 555 g/mol. The molecule has 3 rings (SSSR count). The molecule has 3 aromatic carbocycles. The first kappa shape index (κ1) is 30.9. The van der Waals surface area contributed by atoms with Crippen LogP contribution < -0.4 is 10.6 Å². The monoisotopic (exact) mass is 554 g/mol. The average Bonchev–Trinajstić information content (AvgIpc) is 2.90. The highest BCUT2D eigenvalue weighted by molar-refractivity contribution is 5.99. The summed E-state index contributed by atoms with van der Waals surface area (Å²) in [6.45, 7) is 10.6. The first-order valence-electron chi connectivity index (χ1n) is 13.5. The summed E-state index contributed by atoms with van der Waals surface area (Å²) in [6.07, 6.45) is -0.629. The van der Waals surface area contributed by atoms with Crippen LogP contribution >= 0.6 is 0 Å². The Morgan fingerprint density at radius 1 is 0.902 bits per heavy atom. The summed E-state index contributed by atoms with van der Waals surface area (Å²) in [5.74, 6) is -1.05. The van der Waals surface area contributed by atoms with Gasteiger partial charge in [0, 0.05) is 12.1 Å². The summed E-state index contributed by atoms with van der Waals surface area (Å²) in [7, 11) is 0. The van der Waals surface area contributed by atoms with Crippen molar-refractivity contribution in [2.24, 2.45) is 0 Å². The minimum absolute atomic E-state index is 0.139. The Hall–Kier alpha value is -4.64. The molecular weight excluding hydrogens is 516 g/mol. The van der Waals surface area contributed by atoms with E-state index in [9.17, 15) is 19.6 Å². The number of nitriles is 1. The van der Waals surface area contributed by atoms with Crippen LogP contribution in [0.4, 0.5) is 10.5 Å². The van der Waals surface area contributed by atoms with E-state index in [2.05, 4.69) is 10.6 Å². The highest BCUT2D eigenvalue weighted by Crippen LogP contribution is 2.27. The number of hydrogen-bond acceptors (Lipinski definition) is 5. The Balaban J connectivity index is 2.07. The van der Waals surface area contributed by atoms with Crippen LogP contribution in [0, 0.1) is 32.1 Å². The van der Waals surface area contributed by atoms with Gasteiger partial charge in [0.1, 0.15) is 24.2 Å². The standard InChI is InChI=1S/C33H38N4O4/c1-22-16-17-26(20-24(22)3)29(30(38)35-27-15-11-10-12-23(27)2)37(19-18-34)31(39)28(21-25-13-8-7-9-14-25)36-32(40)41-33(4,5)6/h7-17,20,28-29H,19,21H2,1-6H3,(H,35,38)(H,36,40). The molecule has 41 heavy (non-hydrogen) atoms. The summed E-state index contributed by atoms with van der Waals surface area (Å²) >= 11 is 0. The highest BCUT2D eigenvalue weighted by Gasteiger charge is 2.36. The summed E-state index contributed by atoms with van der Waals surface area (Å²) in [6, 6.07) is 21.9. The van der Waals surface area contributed by atoms with Crippen LogP contribution in [0.3, 0.4) is 0 Å². The zero-order chi connectivity index (χ0) is 30.2. The number of para-hydroxylation sites is 1. The molecule has 0 aliphatic carbocycles. The van der Waals surface area contributed by atoms with Crippen LogP contribution in [0.2, 0.25) is 0 Å². The lowest BCUT2D eigenvalue weighted by atomic mass is 9.97. The van der Waals surface area contributed by atoms with Gasteiger partial charge in [0.25, 0.3) is 5.91 Å². The number of benzene rings is 3. The van der Waals surface area contributed by atoms with Gasteiger partial charge in [0.2, 0.25) is 5.91 Å². The van der Waals surface area contributed by atoms with E-state index in [0.29, 0.717) is 11.3 Å². The maximum Gasteiger partial charge on any atom is 0.408 e. The molecule has 2 N–H and O–H groups in total. The lowest BCUT2D eigenvalue weighted by molar-refractivity contribution is -0.140. The van der Waals surface area contributed by atoms with Crippen molar-refractivity contribution in [1.82, 2.24) is 10.2 Å². The zero-order valence-electron chi connectivity index (χ0n) is 24.5. The highest BCUT2D eigenvalue weighted by atomic mass is 16.6. The third-order valence-electron chi connectivity index (χ3n) is 6.61. The molecule has 0 radical (unpaired) electrons. The van der Waals surface area contributed by atoms with Crippen LogP contribution in [0.1, 0.15) is 54.6 Å². The van der Waals surface area contributed by atoms with Crippen LogP contribution in [-0.2, 0) is 20.7 Å². The fraction of sp³-hybridized carbons (Fsp3) is 0.333. The molecule has 0 spiro atoms. The van der Waals surface area contributed by atoms with Gasteiger partial charge in [-0.05, 0) is 75.4 Å². The van der Waals surface area contributed by atoms with Gasteiger partial charge in [0.15, 0.2) is 0 Å². The van der Waals surface area contributed by atoms with Crippen molar-refractivity contribution in [3.8, 4) is 6.07 Å². The number of hydrogen-bond donors (Lipinski definition) is 2. The third kappa shape index (κ3) is 8.67. The predicted octanol–water partition coefficient (Wildman–Crippen LogP) is 5.78. The van der Waals surface area contributed by atoms with Crippen LogP contribution in [-0.4, -0.2) is 41.0 Å². The van der Waals surface area contributed by atoms with E-state index in [1.54, 1.807) is 32.9 Å². The van der Waals surface area contributed by atoms with E-state index in [1.807, 2.05) is 87.5 Å². The summed E-state index contributed by atoms with van der Waals surface area (Å²) in [4.78, 5) is 42.3. The van der Waals surface area contributed by atoms with E-state index >= 15 is 0 Å². The minimum atomic E-state index is -1.14. The number of alkyl carbamates (subject to hydrolysis) is 1. The number of carbonyl (C=O) groups is 3. The normalized spacial score (nSPS) is 12.4.